The summed E-state index contributed by atoms with van der Waals surface area (Å²) in [7, 11) is 2.23. The molecule has 0 aliphatic carbocycles. The van der Waals surface area contributed by atoms with Crippen molar-refractivity contribution in [3.05, 3.63) is 0 Å². The molecule has 0 rings (SSSR count). The van der Waals surface area contributed by atoms with E-state index in [1.165, 1.54) is 45.2 Å². The fraction of sp³-hybridized carbons (Fsp3) is 1.00. The van der Waals surface area contributed by atoms with Crippen LogP contribution in [-0.4, -0.2) is 37.6 Å². The Morgan fingerprint density at radius 2 is 1.80 bits per heavy atom. The Hall–Kier alpha value is -0.0800. The molecule has 92 valence electrons. The van der Waals surface area contributed by atoms with E-state index in [0.717, 1.165) is 12.6 Å². The van der Waals surface area contributed by atoms with Crippen molar-refractivity contribution in [3.63, 3.8) is 0 Å². The zero-order valence-corrected chi connectivity index (χ0v) is 11.2. The third-order valence-electron chi connectivity index (χ3n) is 3.06. The van der Waals surface area contributed by atoms with Gasteiger partial charge in [0.15, 0.2) is 0 Å². The first kappa shape index (κ1) is 14.9. The van der Waals surface area contributed by atoms with Crippen LogP contribution in [0, 0.1) is 0 Å². The van der Waals surface area contributed by atoms with Gasteiger partial charge < -0.3 is 10.2 Å². The summed E-state index contributed by atoms with van der Waals surface area (Å²) in [5.74, 6) is 0. The summed E-state index contributed by atoms with van der Waals surface area (Å²) < 4.78 is 0. The van der Waals surface area contributed by atoms with Gasteiger partial charge in [0.05, 0.1) is 0 Å². The lowest BCUT2D eigenvalue weighted by molar-refractivity contribution is 0.245. The molecule has 0 saturated heterocycles. The van der Waals surface area contributed by atoms with E-state index >= 15 is 0 Å². The molecule has 0 amide bonds. The normalized spacial score (nSPS) is 13.4. The number of hydrogen-bond acceptors (Lipinski definition) is 2. The van der Waals surface area contributed by atoms with Crippen LogP contribution in [0.4, 0.5) is 0 Å². The Bertz CT molecular complexity index is 126. The molecule has 0 bridgehead atoms. The van der Waals surface area contributed by atoms with Gasteiger partial charge in [-0.3, -0.25) is 0 Å². The van der Waals surface area contributed by atoms with Crippen LogP contribution >= 0.6 is 0 Å². The number of unbranched alkanes of at least 4 members (excludes halogenated alkanes) is 2. The second-order valence-electron chi connectivity index (χ2n) is 4.58. The lowest BCUT2D eigenvalue weighted by atomic mass is 10.2. The van der Waals surface area contributed by atoms with Crippen molar-refractivity contribution >= 4 is 0 Å². The lowest BCUT2D eigenvalue weighted by Gasteiger charge is -2.24. The Balaban J connectivity index is 3.26. The van der Waals surface area contributed by atoms with Gasteiger partial charge in [-0.25, -0.2) is 0 Å². The molecule has 0 aromatic heterocycles. The minimum absolute atomic E-state index is 0.729. The number of hydrogen-bond donors (Lipinski definition) is 1. The predicted molar refractivity (Wildman–Crippen MR) is 69.4 cm³/mol. The monoisotopic (exact) mass is 214 g/mol. The Morgan fingerprint density at radius 3 is 2.40 bits per heavy atom. The summed E-state index contributed by atoms with van der Waals surface area (Å²) in [5.41, 5.74) is 0. The van der Waals surface area contributed by atoms with Gasteiger partial charge in [-0.05, 0) is 33.4 Å². The summed E-state index contributed by atoms with van der Waals surface area (Å²) in [6.07, 6.45) is 6.59. The Labute approximate surface area is 96.4 Å². The molecule has 15 heavy (non-hydrogen) atoms. The van der Waals surface area contributed by atoms with Crippen LogP contribution in [0.15, 0.2) is 0 Å². The summed E-state index contributed by atoms with van der Waals surface area (Å²) in [6.45, 7) is 10.3. The summed E-state index contributed by atoms with van der Waals surface area (Å²) in [4.78, 5) is 2.45. The maximum Gasteiger partial charge on any atom is 0.0107 e. The van der Waals surface area contributed by atoms with Crippen LogP contribution in [0.1, 0.15) is 52.9 Å². The highest BCUT2D eigenvalue weighted by atomic mass is 15.1. The average molecular weight is 214 g/mol. The van der Waals surface area contributed by atoms with E-state index in [2.05, 4.69) is 38.0 Å². The zero-order chi connectivity index (χ0) is 11.5. The van der Waals surface area contributed by atoms with Crippen LogP contribution in [0.2, 0.25) is 0 Å². The van der Waals surface area contributed by atoms with Crippen molar-refractivity contribution < 1.29 is 0 Å². The lowest BCUT2D eigenvalue weighted by Crippen LogP contribution is -2.35. The van der Waals surface area contributed by atoms with Gasteiger partial charge in [-0.2, -0.15) is 0 Å². The van der Waals surface area contributed by atoms with Gasteiger partial charge in [0.1, 0.15) is 0 Å². The van der Waals surface area contributed by atoms with Gasteiger partial charge in [0.2, 0.25) is 0 Å². The molecule has 2 nitrogen and oxygen atoms in total. The molecule has 1 N–H and O–H groups in total. The molecule has 0 aromatic carbocycles. The number of nitrogens with one attached hydrogen (secondary N) is 1. The second-order valence-corrected chi connectivity index (χ2v) is 4.58. The minimum atomic E-state index is 0.729. The molecule has 0 aliphatic heterocycles. The third-order valence-corrected chi connectivity index (χ3v) is 3.06. The van der Waals surface area contributed by atoms with Crippen LogP contribution in [0.3, 0.4) is 0 Å². The van der Waals surface area contributed by atoms with E-state index in [4.69, 9.17) is 0 Å². The summed E-state index contributed by atoms with van der Waals surface area (Å²) >= 11 is 0. The zero-order valence-electron chi connectivity index (χ0n) is 11.2. The standard InChI is InChI=1S/C13H30N2/c1-5-7-8-10-14-11-12-15(4)13(3)9-6-2/h13-14H,5-12H2,1-4H3. The molecule has 0 radical (unpaired) electrons. The van der Waals surface area contributed by atoms with Crippen LogP contribution < -0.4 is 5.32 Å². The third kappa shape index (κ3) is 8.88. The quantitative estimate of drug-likeness (QED) is 0.563. The molecule has 0 spiro atoms. The van der Waals surface area contributed by atoms with E-state index in [1.54, 1.807) is 0 Å². The summed E-state index contributed by atoms with van der Waals surface area (Å²) in [5, 5.41) is 3.51. The number of rotatable bonds is 10. The Morgan fingerprint density at radius 1 is 1.07 bits per heavy atom. The first-order valence-corrected chi connectivity index (χ1v) is 6.63. The average Bonchev–Trinajstić information content (AvgIpc) is 2.23. The molecule has 0 aromatic rings. The maximum atomic E-state index is 3.51. The molecular formula is C13H30N2. The predicted octanol–water partition coefficient (Wildman–Crippen LogP) is 2.89. The topological polar surface area (TPSA) is 15.3 Å². The second kappa shape index (κ2) is 10.4. The molecular weight excluding hydrogens is 184 g/mol. The van der Waals surface area contributed by atoms with Crippen LogP contribution in [0.25, 0.3) is 0 Å². The molecule has 0 saturated carbocycles. The first-order valence-electron chi connectivity index (χ1n) is 6.63. The number of likely N-dealkylation sites (N-methyl/N-ethyl adjacent to an activating group) is 1. The van der Waals surface area contributed by atoms with Crippen LogP contribution in [-0.2, 0) is 0 Å². The molecule has 0 aliphatic rings. The highest BCUT2D eigenvalue weighted by Crippen LogP contribution is 2.02. The maximum absolute atomic E-state index is 3.51. The van der Waals surface area contributed by atoms with Crippen molar-refractivity contribution in [2.75, 3.05) is 26.7 Å². The molecule has 1 unspecified atom stereocenters. The van der Waals surface area contributed by atoms with Crippen molar-refractivity contribution in [2.45, 2.75) is 58.9 Å². The Kier molecular flexibility index (Phi) is 10.4. The first-order chi connectivity index (χ1) is 7.22. The highest BCUT2D eigenvalue weighted by Gasteiger charge is 2.06. The van der Waals surface area contributed by atoms with Crippen molar-refractivity contribution in [3.8, 4) is 0 Å². The molecule has 0 heterocycles. The van der Waals surface area contributed by atoms with Gasteiger partial charge in [-0.1, -0.05) is 33.1 Å². The fourth-order valence-corrected chi connectivity index (χ4v) is 1.74. The van der Waals surface area contributed by atoms with E-state index in [1.807, 2.05) is 0 Å². The minimum Gasteiger partial charge on any atom is -0.315 e. The smallest absolute Gasteiger partial charge is 0.0107 e. The van der Waals surface area contributed by atoms with Gasteiger partial charge in [0, 0.05) is 19.1 Å². The van der Waals surface area contributed by atoms with E-state index in [9.17, 15) is 0 Å². The largest absolute Gasteiger partial charge is 0.315 e. The molecule has 1 atom stereocenters. The van der Waals surface area contributed by atoms with Crippen LogP contribution in [0.5, 0.6) is 0 Å². The van der Waals surface area contributed by atoms with Gasteiger partial charge >= 0.3 is 0 Å². The molecule has 2 heteroatoms. The van der Waals surface area contributed by atoms with Gasteiger partial charge in [-0.15, -0.1) is 0 Å². The van der Waals surface area contributed by atoms with Crippen molar-refractivity contribution in [1.82, 2.24) is 10.2 Å². The van der Waals surface area contributed by atoms with Gasteiger partial charge in [0.25, 0.3) is 0 Å². The number of nitrogens with zero attached hydrogens (tertiary/aromatic N) is 1. The van der Waals surface area contributed by atoms with Crippen molar-refractivity contribution in [1.29, 1.82) is 0 Å². The van der Waals surface area contributed by atoms with Crippen molar-refractivity contribution in [2.24, 2.45) is 0 Å². The van der Waals surface area contributed by atoms with E-state index < -0.39 is 0 Å². The van der Waals surface area contributed by atoms with E-state index in [0.29, 0.717) is 0 Å². The van der Waals surface area contributed by atoms with E-state index in [-0.39, 0.29) is 0 Å². The highest BCUT2D eigenvalue weighted by molar-refractivity contribution is 4.63. The summed E-state index contributed by atoms with van der Waals surface area (Å²) in [6, 6.07) is 0.729. The fourth-order valence-electron chi connectivity index (χ4n) is 1.74. The SMILES string of the molecule is CCCCCNCCN(C)C(C)CCC. The molecule has 0 fully saturated rings.